The van der Waals surface area contributed by atoms with Crippen molar-refractivity contribution in [3.05, 3.63) is 78.2 Å². The molecule has 0 bridgehead atoms. The molecule has 2 aromatic heterocycles. The Hall–Kier alpha value is -3.72. The van der Waals surface area contributed by atoms with Crippen molar-refractivity contribution < 1.29 is 13.2 Å². The van der Waals surface area contributed by atoms with E-state index in [1.807, 2.05) is 28.8 Å². The number of carbonyl (C=O) groups is 1. The van der Waals surface area contributed by atoms with E-state index in [2.05, 4.69) is 20.0 Å². The molecule has 30 heavy (non-hydrogen) atoms. The summed E-state index contributed by atoms with van der Waals surface area (Å²) in [5.41, 5.74) is 3.74. The van der Waals surface area contributed by atoms with Crippen LogP contribution in [-0.2, 0) is 10.0 Å². The maximum Gasteiger partial charge on any atom is 0.255 e. The molecule has 2 aromatic carbocycles. The Morgan fingerprint density at radius 2 is 1.83 bits per heavy atom. The zero-order valence-corrected chi connectivity index (χ0v) is 17.1. The molecule has 0 aliphatic heterocycles. The first kappa shape index (κ1) is 19.6. The van der Waals surface area contributed by atoms with Crippen LogP contribution in [0, 0.1) is 6.92 Å². The lowest BCUT2D eigenvalue weighted by atomic mass is 10.1. The van der Waals surface area contributed by atoms with Crippen molar-refractivity contribution in [3.8, 4) is 5.82 Å². The summed E-state index contributed by atoms with van der Waals surface area (Å²) in [5.74, 6) is 0.311. The minimum absolute atomic E-state index is 0.330. The molecule has 4 aromatic rings. The van der Waals surface area contributed by atoms with Gasteiger partial charge >= 0.3 is 0 Å². The van der Waals surface area contributed by atoms with Gasteiger partial charge in [-0.1, -0.05) is 18.2 Å². The van der Waals surface area contributed by atoms with E-state index < -0.39 is 10.0 Å². The van der Waals surface area contributed by atoms with E-state index in [-0.39, 0.29) is 5.91 Å². The number of imidazole rings is 1. The van der Waals surface area contributed by atoms with Crippen LogP contribution in [0.2, 0.25) is 0 Å². The average Bonchev–Trinajstić information content (AvgIpc) is 3.13. The van der Waals surface area contributed by atoms with Gasteiger partial charge in [0.05, 0.1) is 34.9 Å². The van der Waals surface area contributed by atoms with Crippen molar-refractivity contribution in [2.75, 3.05) is 16.3 Å². The summed E-state index contributed by atoms with van der Waals surface area (Å²) in [5, 5.41) is 2.77. The van der Waals surface area contributed by atoms with E-state index in [0.29, 0.717) is 22.8 Å². The van der Waals surface area contributed by atoms with E-state index in [1.54, 1.807) is 43.7 Å². The Balaban J connectivity index is 1.54. The third-order valence-corrected chi connectivity index (χ3v) is 5.09. The number of sulfonamides is 1. The molecule has 9 heteroatoms. The Labute approximate surface area is 173 Å². The third kappa shape index (κ3) is 4.15. The number of carbonyl (C=O) groups excluding carboxylic acids is 1. The lowest BCUT2D eigenvalue weighted by Crippen LogP contribution is -2.15. The van der Waals surface area contributed by atoms with Gasteiger partial charge in [0.2, 0.25) is 10.0 Å². The molecule has 8 nitrogen and oxygen atoms in total. The van der Waals surface area contributed by atoms with Crippen LogP contribution >= 0.6 is 0 Å². The monoisotopic (exact) mass is 421 g/mol. The first-order valence-corrected chi connectivity index (χ1v) is 11.0. The minimum atomic E-state index is -3.44. The molecule has 0 fully saturated rings. The largest absolute Gasteiger partial charge is 0.321 e. The van der Waals surface area contributed by atoms with Crippen molar-refractivity contribution in [1.29, 1.82) is 0 Å². The number of anilines is 2. The van der Waals surface area contributed by atoms with Crippen LogP contribution in [0.15, 0.2) is 67.1 Å². The van der Waals surface area contributed by atoms with Crippen molar-refractivity contribution in [2.24, 2.45) is 0 Å². The highest BCUT2D eigenvalue weighted by molar-refractivity contribution is 7.92. The molecule has 0 spiro atoms. The number of fused-ring (bicyclic) bond motifs is 1. The van der Waals surface area contributed by atoms with Gasteiger partial charge in [-0.25, -0.2) is 18.4 Å². The zero-order valence-electron chi connectivity index (χ0n) is 16.3. The standard InChI is InChI=1S/C21H19N5O3S/c1-14-7-8-15(11-18(14)25-30(2,28)29)21(27)24-16-9-10-20(22-12-16)26-13-23-17-5-3-4-6-19(17)26/h3-13,25H,1-2H3,(H,24,27). The number of hydrogen-bond donors (Lipinski definition) is 2. The molecular weight excluding hydrogens is 402 g/mol. The number of aryl methyl sites for hydroxylation is 1. The highest BCUT2D eigenvalue weighted by Gasteiger charge is 2.12. The minimum Gasteiger partial charge on any atom is -0.321 e. The fourth-order valence-corrected chi connectivity index (χ4v) is 3.64. The van der Waals surface area contributed by atoms with Crippen molar-refractivity contribution in [3.63, 3.8) is 0 Å². The molecule has 4 rings (SSSR count). The summed E-state index contributed by atoms with van der Waals surface area (Å²) in [6, 6.07) is 16.1. The molecule has 1 amide bonds. The van der Waals surface area contributed by atoms with Gasteiger partial charge in [0.25, 0.3) is 5.91 Å². The Morgan fingerprint density at radius 1 is 1.03 bits per heavy atom. The molecule has 152 valence electrons. The molecule has 0 aliphatic carbocycles. The van der Waals surface area contributed by atoms with Gasteiger partial charge in [-0.2, -0.15) is 0 Å². The molecule has 0 atom stereocenters. The maximum atomic E-state index is 12.6. The molecule has 0 aliphatic rings. The van der Waals surface area contributed by atoms with Crippen LogP contribution in [0.3, 0.4) is 0 Å². The van der Waals surface area contributed by atoms with E-state index in [4.69, 9.17) is 0 Å². The molecule has 2 N–H and O–H groups in total. The fraction of sp³-hybridized carbons (Fsp3) is 0.0952. The second-order valence-electron chi connectivity index (χ2n) is 6.87. The lowest BCUT2D eigenvalue weighted by molar-refractivity contribution is 0.102. The maximum absolute atomic E-state index is 12.6. The molecular formula is C21H19N5O3S. The van der Waals surface area contributed by atoms with Gasteiger partial charge < -0.3 is 5.32 Å². The van der Waals surface area contributed by atoms with Crippen LogP contribution in [0.4, 0.5) is 11.4 Å². The summed E-state index contributed by atoms with van der Waals surface area (Å²) >= 11 is 0. The summed E-state index contributed by atoms with van der Waals surface area (Å²) in [6.45, 7) is 1.76. The Bertz CT molecular complexity index is 1340. The second-order valence-corrected chi connectivity index (χ2v) is 8.61. The fourth-order valence-electron chi connectivity index (χ4n) is 3.02. The zero-order chi connectivity index (χ0) is 21.3. The SMILES string of the molecule is Cc1ccc(C(=O)Nc2ccc(-n3cnc4ccccc43)nc2)cc1NS(C)(=O)=O. The predicted molar refractivity (Wildman–Crippen MR) is 116 cm³/mol. The van der Waals surface area contributed by atoms with Crippen molar-refractivity contribution in [2.45, 2.75) is 6.92 Å². The quantitative estimate of drug-likeness (QED) is 0.514. The molecule has 0 unspecified atom stereocenters. The molecule has 0 saturated carbocycles. The van der Waals surface area contributed by atoms with Gasteiger partial charge in [0, 0.05) is 5.56 Å². The second kappa shape index (κ2) is 7.60. The van der Waals surface area contributed by atoms with Crippen LogP contribution in [0.1, 0.15) is 15.9 Å². The summed E-state index contributed by atoms with van der Waals surface area (Å²) in [4.78, 5) is 21.4. The summed E-state index contributed by atoms with van der Waals surface area (Å²) in [6.07, 6.45) is 4.33. The van der Waals surface area contributed by atoms with Crippen LogP contribution in [0.25, 0.3) is 16.9 Å². The predicted octanol–water partition coefficient (Wildman–Crippen LogP) is 3.35. The van der Waals surface area contributed by atoms with Crippen molar-refractivity contribution >= 4 is 38.3 Å². The van der Waals surface area contributed by atoms with E-state index in [1.165, 1.54) is 6.07 Å². The Morgan fingerprint density at radius 3 is 2.57 bits per heavy atom. The number of aromatic nitrogens is 3. The number of nitrogens with one attached hydrogen (secondary N) is 2. The van der Waals surface area contributed by atoms with Crippen LogP contribution < -0.4 is 10.0 Å². The smallest absolute Gasteiger partial charge is 0.255 e. The van der Waals surface area contributed by atoms with Crippen LogP contribution in [0.5, 0.6) is 0 Å². The average molecular weight is 421 g/mol. The van der Waals surface area contributed by atoms with Gasteiger partial charge in [-0.3, -0.25) is 14.1 Å². The number of benzene rings is 2. The van der Waals surface area contributed by atoms with Gasteiger partial charge in [-0.15, -0.1) is 0 Å². The summed E-state index contributed by atoms with van der Waals surface area (Å²) in [7, 11) is -3.44. The molecule has 0 saturated heterocycles. The van der Waals surface area contributed by atoms with E-state index in [0.717, 1.165) is 22.9 Å². The van der Waals surface area contributed by atoms with Gasteiger partial charge in [0.15, 0.2) is 0 Å². The van der Waals surface area contributed by atoms with E-state index in [9.17, 15) is 13.2 Å². The summed E-state index contributed by atoms with van der Waals surface area (Å²) < 4.78 is 27.3. The number of hydrogen-bond acceptors (Lipinski definition) is 5. The third-order valence-electron chi connectivity index (χ3n) is 4.50. The van der Waals surface area contributed by atoms with Gasteiger partial charge in [0.1, 0.15) is 12.1 Å². The van der Waals surface area contributed by atoms with E-state index >= 15 is 0 Å². The highest BCUT2D eigenvalue weighted by atomic mass is 32.2. The van der Waals surface area contributed by atoms with Crippen molar-refractivity contribution in [1.82, 2.24) is 14.5 Å². The van der Waals surface area contributed by atoms with Crippen LogP contribution in [-0.4, -0.2) is 35.1 Å². The number of para-hydroxylation sites is 2. The normalized spacial score (nSPS) is 11.4. The topological polar surface area (TPSA) is 106 Å². The highest BCUT2D eigenvalue weighted by Crippen LogP contribution is 2.20. The number of rotatable bonds is 5. The lowest BCUT2D eigenvalue weighted by Gasteiger charge is -2.11. The first-order valence-electron chi connectivity index (χ1n) is 9.08. The first-order chi connectivity index (χ1) is 14.3. The number of pyridine rings is 1. The molecule has 2 heterocycles. The van der Waals surface area contributed by atoms with Gasteiger partial charge in [-0.05, 0) is 48.9 Å². The molecule has 0 radical (unpaired) electrons. The number of nitrogens with zero attached hydrogens (tertiary/aromatic N) is 3. The number of amides is 1. The Kier molecular flexibility index (Phi) is 4.96.